The Kier molecular flexibility index (Phi) is 9.41. The number of rotatable bonds is 7. The van der Waals surface area contributed by atoms with E-state index < -0.39 is 11.7 Å². The lowest BCUT2D eigenvalue weighted by molar-refractivity contribution is 0.0527. The van der Waals surface area contributed by atoms with Gasteiger partial charge in [0, 0.05) is 19.4 Å². The number of nitrogens with one attached hydrogen (secondary N) is 1. The van der Waals surface area contributed by atoms with Gasteiger partial charge in [0.05, 0.1) is 0 Å². The molecule has 0 unspecified atom stereocenters. The number of carbonyl (C=O) groups excluding carboxylic acids is 1. The van der Waals surface area contributed by atoms with Crippen LogP contribution >= 0.6 is 0 Å². The van der Waals surface area contributed by atoms with Crippen LogP contribution in [0.1, 0.15) is 57.0 Å². The minimum Gasteiger partial charge on any atom is -0.444 e. The zero-order chi connectivity index (χ0) is 20.3. The van der Waals surface area contributed by atoms with E-state index in [0.29, 0.717) is 42.9 Å². The normalized spacial score (nSPS) is 10.9. The summed E-state index contributed by atoms with van der Waals surface area (Å²) < 4.78 is 14.9. The third-order valence-corrected chi connectivity index (χ3v) is 2.97. The van der Waals surface area contributed by atoms with Crippen LogP contribution in [0.25, 0.3) is 0 Å². The highest BCUT2D eigenvalue weighted by Crippen LogP contribution is 2.06. The van der Waals surface area contributed by atoms with Crippen molar-refractivity contribution in [2.75, 3.05) is 13.1 Å². The quantitative estimate of drug-likeness (QED) is 0.688. The van der Waals surface area contributed by atoms with E-state index in [2.05, 4.69) is 25.6 Å². The molecule has 2 heterocycles. The Balaban J connectivity index is 0.000000309. The topological polar surface area (TPSA) is 142 Å². The molecule has 0 atom stereocenters. The van der Waals surface area contributed by atoms with Gasteiger partial charge in [0.15, 0.2) is 11.6 Å². The summed E-state index contributed by atoms with van der Waals surface area (Å²) in [5, 5.41) is 9.99. The second-order valence-corrected chi connectivity index (χ2v) is 6.90. The van der Waals surface area contributed by atoms with Crippen LogP contribution in [0.5, 0.6) is 0 Å². The monoisotopic (exact) mass is 382 g/mol. The van der Waals surface area contributed by atoms with E-state index in [1.807, 2.05) is 20.8 Å². The lowest BCUT2D eigenvalue weighted by atomic mass is 10.2. The number of nitrogens with zero attached hydrogens (tertiary/aromatic N) is 4. The summed E-state index contributed by atoms with van der Waals surface area (Å²) in [7, 11) is 0. The molecule has 0 aliphatic carbocycles. The van der Waals surface area contributed by atoms with Gasteiger partial charge in [-0.05, 0) is 54.0 Å². The van der Waals surface area contributed by atoms with Gasteiger partial charge in [0.2, 0.25) is 11.8 Å². The van der Waals surface area contributed by atoms with Crippen molar-refractivity contribution in [1.29, 1.82) is 0 Å². The molecule has 0 saturated heterocycles. The van der Waals surface area contributed by atoms with Crippen LogP contribution in [0.15, 0.2) is 9.05 Å². The number of nitrogens with two attached hydrogens (primary N) is 1. The van der Waals surface area contributed by atoms with Crippen LogP contribution in [-0.2, 0) is 17.6 Å². The number of hydrogen-bond acceptors (Lipinski definition) is 9. The lowest BCUT2D eigenvalue weighted by Crippen LogP contribution is -2.33. The number of alkyl carbamates (subject to hydrolysis) is 1. The molecule has 10 nitrogen and oxygen atoms in total. The van der Waals surface area contributed by atoms with E-state index in [1.54, 1.807) is 13.8 Å². The first-order valence-electron chi connectivity index (χ1n) is 8.95. The van der Waals surface area contributed by atoms with Crippen LogP contribution in [0.2, 0.25) is 0 Å². The molecule has 2 aromatic rings. The zero-order valence-electron chi connectivity index (χ0n) is 16.7. The first-order valence-corrected chi connectivity index (χ1v) is 8.95. The van der Waals surface area contributed by atoms with E-state index in [9.17, 15) is 4.79 Å². The van der Waals surface area contributed by atoms with Gasteiger partial charge in [-0.1, -0.05) is 10.3 Å². The number of ether oxygens (including phenoxy) is 1. The Labute approximate surface area is 159 Å². The Morgan fingerprint density at radius 2 is 1.56 bits per heavy atom. The summed E-state index contributed by atoms with van der Waals surface area (Å²) in [6, 6.07) is 0. The Bertz CT molecular complexity index is 677. The third-order valence-electron chi connectivity index (χ3n) is 2.97. The third kappa shape index (κ3) is 11.0. The first kappa shape index (κ1) is 22.6. The van der Waals surface area contributed by atoms with Gasteiger partial charge in [-0.3, -0.25) is 0 Å². The molecular weight excluding hydrogens is 352 g/mol. The van der Waals surface area contributed by atoms with Gasteiger partial charge < -0.3 is 24.8 Å². The summed E-state index contributed by atoms with van der Waals surface area (Å²) in [5.74, 6) is 2.59. The summed E-state index contributed by atoms with van der Waals surface area (Å²) >= 11 is 0. The number of aryl methyl sites for hydroxylation is 4. The molecule has 0 aliphatic heterocycles. The van der Waals surface area contributed by atoms with Crippen molar-refractivity contribution in [1.82, 2.24) is 25.6 Å². The number of aromatic nitrogens is 4. The van der Waals surface area contributed by atoms with E-state index >= 15 is 0 Å². The molecule has 27 heavy (non-hydrogen) atoms. The van der Waals surface area contributed by atoms with Gasteiger partial charge in [0.25, 0.3) is 0 Å². The molecular formula is C17H30N6O4. The zero-order valence-corrected chi connectivity index (χ0v) is 16.7. The molecule has 10 heteroatoms. The Morgan fingerprint density at radius 3 is 1.96 bits per heavy atom. The highest BCUT2D eigenvalue weighted by atomic mass is 16.6. The van der Waals surface area contributed by atoms with Crippen LogP contribution in [0, 0.1) is 13.8 Å². The summed E-state index contributed by atoms with van der Waals surface area (Å²) in [6.07, 6.45) is 2.68. The fourth-order valence-electron chi connectivity index (χ4n) is 1.88. The highest BCUT2D eigenvalue weighted by molar-refractivity contribution is 5.67. The fourth-order valence-corrected chi connectivity index (χ4v) is 1.88. The second-order valence-electron chi connectivity index (χ2n) is 6.90. The van der Waals surface area contributed by atoms with Crippen LogP contribution in [0.3, 0.4) is 0 Å². The van der Waals surface area contributed by atoms with Crippen molar-refractivity contribution in [3.05, 3.63) is 23.4 Å². The summed E-state index contributed by atoms with van der Waals surface area (Å²) in [6.45, 7) is 10.2. The van der Waals surface area contributed by atoms with Crippen LogP contribution < -0.4 is 11.1 Å². The van der Waals surface area contributed by atoms with E-state index in [-0.39, 0.29) is 0 Å². The smallest absolute Gasteiger partial charge is 0.407 e. The van der Waals surface area contributed by atoms with Gasteiger partial charge >= 0.3 is 6.09 Å². The van der Waals surface area contributed by atoms with Gasteiger partial charge in [-0.2, -0.15) is 9.97 Å². The van der Waals surface area contributed by atoms with Gasteiger partial charge in [-0.25, -0.2) is 4.79 Å². The largest absolute Gasteiger partial charge is 0.444 e. The Hall–Kier alpha value is -2.49. The first-order chi connectivity index (χ1) is 12.7. The maximum atomic E-state index is 11.3. The second kappa shape index (κ2) is 11.3. The summed E-state index contributed by atoms with van der Waals surface area (Å²) in [5.41, 5.74) is 4.83. The maximum absolute atomic E-state index is 11.3. The van der Waals surface area contributed by atoms with Crippen molar-refractivity contribution in [2.45, 2.75) is 65.9 Å². The fraction of sp³-hybridized carbons (Fsp3) is 0.706. The number of carbonyl (C=O) groups is 1. The number of hydrogen-bond donors (Lipinski definition) is 2. The van der Waals surface area contributed by atoms with E-state index in [4.69, 9.17) is 19.5 Å². The standard InChI is InChI=1S/C11H19N3O3.C6H11N3O/c1-8-13-9(17-14-8)6-5-7-12-10(15)16-11(2,3)4;1-5-8-6(10-9-5)3-2-4-7/h5-7H2,1-4H3,(H,12,15);2-4,7H2,1H3. The van der Waals surface area contributed by atoms with Gasteiger partial charge in [-0.15, -0.1) is 0 Å². The minimum atomic E-state index is -0.465. The van der Waals surface area contributed by atoms with E-state index in [0.717, 1.165) is 19.3 Å². The molecule has 0 saturated carbocycles. The molecule has 0 aliphatic rings. The highest BCUT2D eigenvalue weighted by Gasteiger charge is 2.15. The maximum Gasteiger partial charge on any atom is 0.407 e. The van der Waals surface area contributed by atoms with Crippen molar-refractivity contribution in [3.63, 3.8) is 0 Å². The molecule has 0 fully saturated rings. The molecule has 0 radical (unpaired) electrons. The van der Waals surface area contributed by atoms with Crippen molar-refractivity contribution in [2.24, 2.45) is 5.73 Å². The average molecular weight is 382 g/mol. The molecule has 0 bridgehead atoms. The minimum absolute atomic E-state index is 0.404. The predicted octanol–water partition coefficient (Wildman–Crippen LogP) is 2.10. The average Bonchev–Trinajstić information content (AvgIpc) is 3.17. The van der Waals surface area contributed by atoms with Crippen molar-refractivity contribution >= 4 is 6.09 Å². The predicted molar refractivity (Wildman–Crippen MR) is 98.0 cm³/mol. The number of amides is 1. The summed E-state index contributed by atoms with van der Waals surface area (Å²) in [4.78, 5) is 19.4. The Morgan fingerprint density at radius 1 is 1.04 bits per heavy atom. The van der Waals surface area contributed by atoms with Crippen LogP contribution in [0.4, 0.5) is 4.79 Å². The SMILES string of the molecule is Cc1noc(CCCN)n1.Cc1noc(CCCNC(=O)OC(C)(C)C)n1. The van der Waals surface area contributed by atoms with E-state index in [1.165, 1.54) is 0 Å². The molecule has 1 amide bonds. The lowest BCUT2D eigenvalue weighted by Gasteiger charge is -2.19. The molecule has 3 N–H and O–H groups in total. The van der Waals surface area contributed by atoms with Crippen molar-refractivity contribution < 1.29 is 18.6 Å². The molecule has 152 valence electrons. The van der Waals surface area contributed by atoms with Crippen LogP contribution in [-0.4, -0.2) is 45.1 Å². The van der Waals surface area contributed by atoms with Crippen molar-refractivity contribution in [3.8, 4) is 0 Å². The molecule has 2 rings (SSSR count). The van der Waals surface area contributed by atoms with Gasteiger partial charge in [0.1, 0.15) is 5.60 Å². The molecule has 0 spiro atoms. The molecule has 0 aromatic carbocycles. The molecule has 2 aromatic heterocycles.